The normalized spacial score (nSPS) is 12.5. The third kappa shape index (κ3) is 2.68. The Balaban J connectivity index is 2.40. The van der Waals surface area contributed by atoms with Gasteiger partial charge in [-0.15, -0.1) is 0 Å². The van der Waals surface area contributed by atoms with E-state index in [1.54, 1.807) is 0 Å². The van der Waals surface area contributed by atoms with E-state index in [0.717, 1.165) is 21.7 Å². The second kappa shape index (κ2) is 4.91. The van der Waals surface area contributed by atoms with Crippen molar-refractivity contribution in [2.75, 3.05) is 0 Å². The van der Waals surface area contributed by atoms with Gasteiger partial charge in [-0.05, 0) is 36.6 Å². The van der Waals surface area contributed by atoms with Gasteiger partial charge in [-0.1, -0.05) is 53.6 Å². The minimum atomic E-state index is -0.164. The molecule has 0 bridgehead atoms. The van der Waals surface area contributed by atoms with Gasteiger partial charge in [0.15, 0.2) is 0 Å². The largest absolute Gasteiger partial charge is 0.320 e. The Kier molecular flexibility index (Phi) is 3.51. The molecule has 1 unspecified atom stereocenters. The molecule has 1 atom stereocenters. The van der Waals surface area contributed by atoms with Crippen molar-refractivity contribution in [1.29, 1.82) is 0 Å². The Labute approximate surface area is 107 Å². The van der Waals surface area contributed by atoms with Crippen LogP contribution in [0.3, 0.4) is 0 Å². The molecule has 88 valence electrons. The maximum atomic E-state index is 6.25. The summed E-state index contributed by atoms with van der Waals surface area (Å²) >= 11 is 6.23. The summed E-state index contributed by atoms with van der Waals surface area (Å²) in [5.74, 6) is 0. The summed E-state index contributed by atoms with van der Waals surface area (Å²) in [7, 11) is 0. The molecular formula is C15H16ClN. The summed E-state index contributed by atoms with van der Waals surface area (Å²) in [6, 6.07) is 14.0. The van der Waals surface area contributed by atoms with Crippen LogP contribution in [0.2, 0.25) is 5.02 Å². The quantitative estimate of drug-likeness (QED) is 0.850. The molecule has 2 heteroatoms. The summed E-state index contributed by atoms with van der Waals surface area (Å²) in [5.41, 5.74) is 10.7. The first-order valence-corrected chi connectivity index (χ1v) is 6.04. The Hall–Kier alpha value is -1.31. The lowest BCUT2D eigenvalue weighted by Crippen LogP contribution is -2.12. The average molecular weight is 246 g/mol. The van der Waals surface area contributed by atoms with Crippen LogP contribution in [0.5, 0.6) is 0 Å². The molecule has 0 heterocycles. The minimum Gasteiger partial charge on any atom is -0.320 e. The van der Waals surface area contributed by atoms with Crippen molar-refractivity contribution in [3.63, 3.8) is 0 Å². The Morgan fingerprint density at radius 3 is 2.35 bits per heavy atom. The predicted octanol–water partition coefficient (Wildman–Crippen LogP) is 4.00. The first kappa shape index (κ1) is 12.2. The molecular weight excluding hydrogens is 230 g/mol. The van der Waals surface area contributed by atoms with Gasteiger partial charge in [0, 0.05) is 5.02 Å². The van der Waals surface area contributed by atoms with Crippen LogP contribution in [0.4, 0.5) is 0 Å². The van der Waals surface area contributed by atoms with Crippen molar-refractivity contribution in [3.8, 4) is 0 Å². The summed E-state index contributed by atoms with van der Waals surface area (Å²) in [6.45, 7) is 4.08. The van der Waals surface area contributed by atoms with Gasteiger partial charge in [0.25, 0.3) is 0 Å². The monoisotopic (exact) mass is 245 g/mol. The molecule has 2 rings (SSSR count). The van der Waals surface area contributed by atoms with Crippen LogP contribution in [0.1, 0.15) is 28.3 Å². The molecule has 0 aliphatic heterocycles. The zero-order chi connectivity index (χ0) is 12.4. The molecule has 17 heavy (non-hydrogen) atoms. The molecule has 0 radical (unpaired) electrons. The van der Waals surface area contributed by atoms with Crippen molar-refractivity contribution >= 4 is 11.6 Å². The lowest BCUT2D eigenvalue weighted by molar-refractivity contribution is 0.869. The van der Waals surface area contributed by atoms with Crippen molar-refractivity contribution in [2.24, 2.45) is 5.73 Å². The van der Waals surface area contributed by atoms with Crippen LogP contribution in [-0.2, 0) is 0 Å². The van der Waals surface area contributed by atoms with E-state index in [0.29, 0.717) is 0 Å². The van der Waals surface area contributed by atoms with E-state index < -0.39 is 0 Å². The van der Waals surface area contributed by atoms with Gasteiger partial charge in [0.1, 0.15) is 0 Å². The van der Waals surface area contributed by atoms with Gasteiger partial charge >= 0.3 is 0 Å². The molecule has 0 fully saturated rings. The van der Waals surface area contributed by atoms with E-state index in [9.17, 15) is 0 Å². The predicted molar refractivity (Wildman–Crippen MR) is 73.4 cm³/mol. The number of hydrogen-bond acceptors (Lipinski definition) is 1. The van der Waals surface area contributed by atoms with E-state index in [4.69, 9.17) is 17.3 Å². The number of benzene rings is 2. The minimum absolute atomic E-state index is 0.164. The SMILES string of the molecule is Cc1cccc(C(N)c2ccc(C)cc2Cl)c1. The molecule has 0 amide bonds. The van der Waals surface area contributed by atoms with Gasteiger partial charge in [-0.25, -0.2) is 0 Å². The number of hydrogen-bond donors (Lipinski definition) is 1. The molecule has 2 N–H and O–H groups in total. The van der Waals surface area contributed by atoms with Crippen LogP contribution < -0.4 is 5.73 Å². The Morgan fingerprint density at radius 2 is 1.71 bits per heavy atom. The van der Waals surface area contributed by atoms with Gasteiger partial charge in [-0.2, -0.15) is 0 Å². The third-order valence-electron chi connectivity index (χ3n) is 2.89. The van der Waals surface area contributed by atoms with Crippen molar-refractivity contribution in [2.45, 2.75) is 19.9 Å². The fourth-order valence-corrected chi connectivity index (χ4v) is 2.28. The molecule has 0 spiro atoms. The zero-order valence-electron chi connectivity index (χ0n) is 10.1. The molecule has 0 aliphatic carbocycles. The maximum Gasteiger partial charge on any atom is 0.0566 e. The number of nitrogens with two attached hydrogens (primary N) is 1. The topological polar surface area (TPSA) is 26.0 Å². The van der Waals surface area contributed by atoms with E-state index >= 15 is 0 Å². The second-order valence-electron chi connectivity index (χ2n) is 4.42. The van der Waals surface area contributed by atoms with Gasteiger partial charge < -0.3 is 5.73 Å². The summed E-state index contributed by atoms with van der Waals surface area (Å²) < 4.78 is 0. The fourth-order valence-electron chi connectivity index (χ4n) is 1.93. The van der Waals surface area contributed by atoms with E-state index in [1.165, 1.54) is 5.56 Å². The van der Waals surface area contributed by atoms with Crippen molar-refractivity contribution in [1.82, 2.24) is 0 Å². The van der Waals surface area contributed by atoms with Gasteiger partial charge in [-0.3, -0.25) is 0 Å². The lowest BCUT2D eigenvalue weighted by Gasteiger charge is -2.15. The molecule has 2 aromatic carbocycles. The third-order valence-corrected chi connectivity index (χ3v) is 3.22. The standard InChI is InChI=1S/C15H16ClN/c1-10-4-3-5-12(8-10)15(17)13-7-6-11(2)9-14(13)16/h3-9,15H,17H2,1-2H3. The molecule has 0 saturated heterocycles. The second-order valence-corrected chi connectivity index (χ2v) is 4.82. The smallest absolute Gasteiger partial charge is 0.0566 e. The first-order chi connectivity index (χ1) is 8.08. The zero-order valence-corrected chi connectivity index (χ0v) is 10.8. The highest BCUT2D eigenvalue weighted by Crippen LogP contribution is 2.27. The van der Waals surface area contributed by atoms with Gasteiger partial charge in [0.05, 0.1) is 6.04 Å². The molecule has 0 aliphatic rings. The van der Waals surface area contributed by atoms with Crippen LogP contribution in [0.25, 0.3) is 0 Å². The molecule has 0 aromatic heterocycles. The Morgan fingerprint density at radius 1 is 1.00 bits per heavy atom. The number of rotatable bonds is 2. The molecule has 0 saturated carbocycles. The summed E-state index contributed by atoms with van der Waals surface area (Å²) in [6.07, 6.45) is 0. The van der Waals surface area contributed by atoms with Crippen molar-refractivity contribution in [3.05, 3.63) is 69.7 Å². The summed E-state index contributed by atoms with van der Waals surface area (Å²) in [4.78, 5) is 0. The van der Waals surface area contributed by atoms with E-state index in [1.807, 2.05) is 37.3 Å². The van der Waals surface area contributed by atoms with Crippen LogP contribution in [-0.4, -0.2) is 0 Å². The molecule has 2 aromatic rings. The van der Waals surface area contributed by atoms with Crippen LogP contribution >= 0.6 is 11.6 Å². The lowest BCUT2D eigenvalue weighted by atomic mass is 9.97. The maximum absolute atomic E-state index is 6.25. The van der Waals surface area contributed by atoms with Gasteiger partial charge in [0.2, 0.25) is 0 Å². The first-order valence-electron chi connectivity index (χ1n) is 5.66. The van der Waals surface area contributed by atoms with E-state index in [-0.39, 0.29) is 6.04 Å². The highest BCUT2D eigenvalue weighted by molar-refractivity contribution is 6.31. The Bertz CT molecular complexity index is 534. The summed E-state index contributed by atoms with van der Waals surface area (Å²) in [5, 5.41) is 0.735. The number of halogens is 1. The number of aryl methyl sites for hydroxylation is 2. The molecule has 1 nitrogen and oxygen atoms in total. The van der Waals surface area contributed by atoms with Crippen molar-refractivity contribution < 1.29 is 0 Å². The van der Waals surface area contributed by atoms with Crippen LogP contribution in [0.15, 0.2) is 42.5 Å². The van der Waals surface area contributed by atoms with Crippen LogP contribution in [0, 0.1) is 13.8 Å². The highest BCUT2D eigenvalue weighted by Gasteiger charge is 2.12. The highest BCUT2D eigenvalue weighted by atomic mass is 35.5. The van der Waals surface area contributed by atoms with E-state index in [2.05, 4.69) is 19.1 Å². The fraction of sp³-hybridized carbons (Fsp3) is 0.200. The average Bonchev–Trinajstić information content (AvgIpc) is 2.28.